The van der Waals surface area contributed by atoms with E-state index in [9.17, 15) is 9.59 Å². The Hall–Kier alpha value is -2.47. The Bertz CT molecular complexity index is 666. The normalized spacial score (nSPS) is 10.6. The van der Waals surface area contributed by atoms with Crippen LogP contribution in [0.15, 0.2) is 40.8 Å². The number of nitrogens with one attached hydrogen (secondary N) is 1. The third-order valence-corrected chi connectivity index (χ3v) is 3.79. The van der Waals surface area contributed by atoms with E-state index in [0.29, 0.717) is 12.1 Å². The van der Waals surface area contributed by atoms with Gasteiger partial charge in [0.2, 0.25) is 6.41 Å². The fraction of sp³-hybridized carbons (Fsp3) is 0.133. The van der Waals surface area contributed by atoms with E-state index in [1.165, 1.54) is 17.6 Å². The fourth-order valence-electron chi connectivity index (χ4n) is 1.67. The summed E-state index contributed by atoms with van der Waals surface area (Å²) in [5, 5.41) is 5.75. The highest BCUT2D eigenvalue weighted by Crippen LogP contribution is 2.17. The summed E-state index contributed by atoms with van der Waals surface area (Å²) >= 11 is 1.50. The number of hydrazone groups is 1. The lowest BCUT2D eigenvalue weighted by Gasteiger charge is -2.15. The van der Waals surface area contributed by atoms with Gasteiger partial charge >= 0.3 is 6.03 Å². The number of amides is 3. The number of aryl methyl sites for hydroxylation is 2. The summed E-state index contributed by atoms with van der Waals surface area (Å²) < 4.78 is 0. The molecule has 0 spiro atoms. The van der Waals surface area contributed by atoms with Crippen molar-refractivity contribution in [3.63, 3.8) is 0 Å². The molecule has 1 aromatic heterocycles. The van der Waals surface area contributed by atoms with Crippen LogP contribution < -0.4 is 10.3 Å². The van der Waals surface area contributed by atoms with Gasteiger partial charge in [-0.2, -0.15) is 5.10 Å². The van der Waals surface area contributed by atoms with Crippen molar-refractivity contribution in [1.82, 2.24) is 5.43 Å². The first-order valence-electron chi connectivity index (χ1n) is 6.30. The van der Waals surface area contributed by atoms with E-state index < -0.39 is 6.03 Å². The Balaban J connectivity index is 2.07. The molecular weight excluding hydrogens is 286 g/mol. The number of thiophene rings is 1. The molecule has 0 aliphatic heterocycles. The molecule has 0 aliphatic rings. The van der Waals surface area contributed by atoms with Gasteiger partial charge in [0, 0.05) is 4.88 Å². The van der Waals surface area contributed by atoms with Crippen molar-refractivity contribution in [3.05, 3.63) is 51.7 Å². The molecule has 0 atom stereocenters. The Labute approximate surface area is 126 Å². The third kappa shape index (κ3) is 3.76. The molecule has 0 bridgehead atoms. The van der Waals surface area contributed by atoms with Crippen LogP contribution in [-0.2, 0) is 4.79 Å². The summed E-state index contributed by atoms with van der Waals surface area (Å²) in [5.74, 6) is 0. The Morgan fingerprint density at radius 2 is 2.10 bits per heavy atom. The molecule has 108 valence electrons. The largest absolute Gasteiger partial charge is 0.348 e. The minimum absolute atomic E-state index is 0.472. The van der Waals surface area contributed by atoms with Gasteiger partial charge in [-0.05, 0) is 48.6 Å². The highest BCUT2D eigenvalue weighted by Gasteiger charge is 2.14. The summed E-state index contributed by atoms with van der Waals surface area (Å²) in [4.78, 5) is 25.0. The first-order chi connectivity index (χ1) is 10.1. The highest BCUT2D eigenvalue weighted by atomic mass is 32.1. The van der Waals surface area contributed by atoms with Crippen LogP contribution in [0.4, 0.5) is 10.5 Å². The van der Waals surface area contributed by atoms with E-state index in [1.54, 1.807) is 12.1 Å². The third-order valence-electron chi connectivity index (χ3n) is 2.99. The second kappa shape index (κ2) is 6.81. The van der Waals surface area contributed by atoms with Crippen molar-refractivity contribution in [1.29, 1.82) is 0 Å². The minimum Gasteiger partial charge on any atom is -0.278 e. The highest BCUT2D eigenvalue weighted by molar-refractivity contribution is 7.11. The van der Waals surface area contributed by atoms with Gasteiger partial charge in [-0.3, -0.25) is 4.79 Å². The smallest absolute Gasteiger partial charge is 0.278 e. The predicted octanol–water partition coefficient (Wildman–Crippen LogP) is 3.07. The van der Waals surface area contributed by atoms with Gasteiger partial charge in [0.05, 0.1) is 11.9 Å². The van der Waals surface area contributed by atoms with Gasteiger partial charge in [0.15, 0.2) is 0 Å². The van der Waals surface area contributed by atoms with Gasteiger partial charge in [0.1, 0.15) is 0 Å². The first kappa shape index (κ1) is 14.9. The number of anilines is 1. The van der Waals surface area contributed by atoms with E-state index in [2.05, 4.69) is 10.5 Å². The fourth-order valence-corrected chi connectivity index (χ4v) is 2.26. The lowest BCUT2D eigenvalue weighted by atomic mass is 10.1. The van der Waals surface area contributed by atoms with Crippen LogP contribution in [-0.4, -0.2) is 18.7 Å². The van der Waals surface area contributed by atoms with Gasteiger partial charge in [-0.1, -0.05) is 12.1 Å². The van der Waals surface area contributed by atoms with Crippen LogP contribution >= 0.6 is 11.3 Å². The molecule has 1 aromatic carbocycles. The molecule has 3 amide bonds. The number of imide groups is 1. The monoisotopic (exact) mass is 301 g/mol. The van der Waals surface area contributed by atoms with E-state index >= 15 is 0 Å². The van der Waals surface area contributed by atoms with Gasteiger partial charge in [-0.15, -0.1) is 11.3 Å². The van der Waals surface area contributed by atoms with E-state index in [1.807, 2.05) is 37.4 Å². The standard InChI is InChI=1S/C15H15N3O2S/c1-11-5-6-13(8-12(11)2)18(10-19)15(20)17-16-9-14-4-3-7-21-14/h3-10H,1-2H3,(H,17,20). The van der Waals surface area contributed by atoms with Crippen molar-refractivity contribution < 1.29 is 9.59 Å². The molecule has 0 saturated carbocycles. The second-order valence-electron chi connectivity index (χ2n) is 4.43. The van der Waals surface area contributed by atoms with E-state index in [4.69, 9.17) is 0 Å². The maximum Gasteiger partial charge on any atom is 0.348 e. The van der Waals surface area contributed by atoms with Crippen molar-refractivity contribution in [2.45, 2.75) is 13.8 Å². The maximum absolute atomic E-state index is 12.0. The zero-order valence-electron chi connectivity index (χ0n) is 11.7. The maximum atomic E-state index is 12.0. The van der Waals surface area contributed by atoms with E-state index in [0.717, 1.165) is 20.9 Å². The van der Waals surface area contributed by atoms with Crippen LogP contribution in [0.25, 0.3) is 0 Å². The molecule has 5 nitrogen and oxygen atoms in total. The summed E-state index contributed by atoms with van der Waals surface area (Å²) in [7, 11) is 0. The zero-order valence-corrected chi connectivity index (χ0v) is 12.6. The van der Waals surface area contributed by atoms with Gasteiger partial charge in [0.25, 0.3) is 0 Å². The molecule has 0 fully saturated rings. The molecular formula is C15H15N3O2S. The molecule has 1 heterocycles. The number of hydrogen-bond donors (Lipinski definition) is 1. The van der Waals surface area contributed by atoms with Crippen molar-refractivity contribution >= 4 is 35.7 Å². The summed E-state index contributed by atoms with van der Waals surface area (Å²) in [5.41, 5.74) is 4.95. The average molecular weight is 301 g/mol. The number of rotatable bonds is 4. The molecule has 0 saturated heterocycles. The minimum atomic E-state index is -0.596. The molecule has 6 heteroatoms. The Morgan fingerprint density at radius 1 is 1.29 bits per heavy atom. The average Bonchev–Trinajstić information content (AvgIpc) is 2.97. The molecule has 2 aromatic rings. The molecule has 21 heavy (non-hydrogen) atoms. The number of benzene rings is 1. The number of carbonyl (C=O) groups is 2. The van der Waals surface area contributed by atoms with Crippen LogP contribution in [0.5, 0.6) is 0 Å². The van der Waals surface area contributed by atoms with E-state index in [-0.39, 0.29) is 0 Å². The lowest BCUT2D eigenvalue weighted by molar-refractivity contribution is -0.106. The van der Waals surface area contributed by atoms with Crippen molar-refractivity contribution in [2.24, 2.45) is 5.10 Å². The number of hydrogen-bond acceptors (Lipinski definition) is 4. The Morgan fingerprint density at radius 3 is 2.71 bits per heavy atom. The van der Waals surface area contributed by atoms with Crippen LogP contribution in [0.3, 0.4) is 0 Å². The second-order valence-corrected chi connectivity index (χ2v) is 5.41. The molecule has 0 radical (unpaired) electrons. The summed E-state index contributed by atoms with van der Waals surface area (Å²) in [6, 6.07) is 8.54. The quantitative estimate of drug-likeness (QED) is 0.536. The van der Waals surface area contributed by atoms with Gasteiger partial charge in [-0.25, -0.2) is 15.1 Å². The topological polar surface area (TPSA) is 61.8 Å². The summed E-state index contributed by atoms with van der Waals surface area (Å²) in [6.07, 6.45) is 2.01. The van der Waals surface area contributed by atoms with Gasteiger partial charge < -0.3 is 0 Å². The molecule has 0 unspecified atom stereocenters. The van der Waals surface area contributed by atoms with Crippen LogP contribution in [0.1, 0.15) is 16.0 Å². The first-order valence-corrected chi connectivity index (χ1v) is 7.18. The number of nitrogens with zero attached hydrogens (tertiary/aromatic N) is 2. The molecule has 0 aliphatic carbocycles. The number of carbonyl (C=O) groups excluding carboxylic acids is 2. The van der Waals surface area contributed by atoms with Crippen molar-refractivity contribution in [2.75, 3.05) is 4.90 Å². The lowest BCUT2D eigenvalue weighted by Crippen LogP contribution is -2.36. The SMILES string of the molecule is Cc1ccc(N(C=O)C(=O)NN=Cc2cccs2)cc1C. The van der Waals surface area contributed by atoms with Crippen LogP contribution in [0.2, 0.25) is 0 Å². The van der Waals surface area contributed by atoms with Crippen LogP contribution in [0, 0.1) is 13.8 Å². The summed E-state index contributed by atoms with van der Waals surface area (Å²) in [6.45, 7) is 3.89. The Kier molecular flexibility index (Phi) is 4.84. The molecule has 1 N–H and O–H groups in total. The molecule has 2 rings (SSSR count). The van der Waals surface area contributed by atoms with Crippen molar-refractivity contribution in [3.8, 4) is 0 Å². The zero-order chi connectivity index (χ0) is 15.2. The predicted molar refractivity (Wildman–Crippen MR) is 84.9 cm³/mol. The number of urea groups is 1.